The Morgan fingerprint density at radius 1 is 1.43 bits per heavy atom. The molecule has 0 bridgehead atoms. The molecule has 0 aliphatic carbocycles. The lowest BCUT2D eigenvalue weighted by atomic mass is 9.94. The second-order valence-corrected chi connectivity index (χ2v) is 5.48. The highest BCUT2D eigenvalue weighted by molar-refractivity contribution is 5.80. The number of carbonyl (C=O) groups excluding carboxylic acids is 1. The molecule has 5 nitrogen and oxygen atoms in total. The lowest BCUT2D eigenvalue weighted by Crippen LogP contribution is -2.33. The third-order valence-electron chi connectivity index (χ3n) is 3.89. The van der Waals surface area contributed by atoms with Gasteiger partial charge in [0.25, 0.3) is 0 Å². The van der Waals surface area contributed by atoms with Crippen LogP contribution in [0.4, 0.5) is 0 Å². The van der Waals surface area contributed by atoms with E-state index in [1.54, 1.807) is 0 Å². The van der Waals surface area contributed by atoms with Crippen LogP contribution in [0.1, 0.15) is 31.4 Å². The molecule has 0 radical (unpaired) electrons. The number of hydrogen-bond donors (Lipinski definition) is 2. The number of rotatable bonds is 5. The van der Waals surface area contributed by atoms with Gasteiger partial charge in [-0.05, 0) is 12.0 Å². The Morgan fingerprint density at radius 2 is 2.14 bits per heavy atom. The highest BCUT2D eigenvalue weighted by Crippen LogP contribution is 2.36. The molecule has 1 fully saturated rings. The highest BCUT2D eigenvalue weighted by atomic mass is 16.2. The minimum Gasteiger partial charge on any atom is -0.370 e. The number of benzene rings is 1. The minimum absolute atomic E-state index is 0.0847. The van der Waals surface area contributed by atoms with Crippen molar-refractivity contribution in [2.45, 2.75) is 25.8 Å². The van der Waals surface area contributed by atoms with E-state index >= 15 is 0 Å². The van der Waals surface area contributed by atoms with Gasteiger partial charge in [-0.25, -0.2) is 0 Å². The molecule has 2 atom stereocenters. The van der Waals surface area contributed by atoms with E-state index in [1.807, 2.05) is 30.1 Å². The number of guanidine groups is 1. The van der Waals surface area contributed by atoms with E-state index in [0.29, 0.717) is 18.9 Å². The number of amides is 1. The predicted octanol–water partition coefficient (Wildman–Crippen LogP) is 1.52. The van der Waals surface area contributed by atoms with Crippen LogP contribution in [0.25, 0.3) is 0 Å². The minimum atomic E-state index is 0.0847. The van der Waals surface area contributed by atoms with Crippen LogP contribution in [0, 0.1) is 5.92 Å². The third kappa shape index (κ3) is 3.74. The van der Waals surface area contributed by atoms with Crippen molar-refractivity contribution >= 4 is 11.9 Å². The summed E-state index contributed by atoms with van der Waals surface area (Å²) in [5.41, 5.74) is 6.99. The van der Waals surface area contributed by atoms with Gasteiger partial charge in [0, 0.05) is 32.5 Å². The topological polar surface area (TPSA) is 70.7 Å². The van der Waals surface area contributed by atoms with Crippen molar-refractivity contribution in [2.24, 2.45) is 16.6 Å². The molecule has 21 heavy (non-hydrogen) atoms. The van der Waals surface area contributed by atoms with Crippen molar-refractivity contribution in [1.82, 2.24) is 10.2 Å². The van der Waals surface area contributed by atoms with Gasteiger partial charge in [0.2, 0.25) is 5.91 Å². The fourth-order valence-corrected chi connectivity index (χ4v) is 2.79. The number of nitrogens with one attached hydrogen (secondary N) is 1. The first-order valence-corrected chi connectivity index (χ1v) is 7.48. The zero-order valence-corrected chi connectivity index (χ0v) is 12.7. The van der Waals surface area contributed by atoms with Crippen LogP contribution in [-0.2, 0) is 4.79 Å². The third-order valence-corrected chi connectivity index (χ3v) is 3.89. The maximum absolute atomic E-state index is 12.0. The second-order valence-electron chi connectivity index (χ2n) is 5.48. The Bertz CT molecular complexity index is 500. The van der Waals surface area contributed by atoms with Gasteiger partial charge in [0.15, 0.2) is 5.96 Å². The zero-order chi connectivity index (χ0) is 15.2. The normalized spacial score (nSPS) is 22.7. The number of carbonyl (C=O) groups is 1. The Morgan fingerprint density at radius 3 is 2.81 bits per heavy atom. The van der Waals surface area contributed by atoms with Crippen molar-refractivity contribution in [2.75, 3.05) is 20.1 Å². The first-order valence-electron chi connectivity index (χ1n) is 7.48. The van der Waals surface area contributed by atoms with Crippen LogP contribution in [0.3, 0.4) is 0 Å². The van der Waals surface area contributed by atoms with E-state index in [9.17, 15) is 4.79 Å². The molecule has 114 valence electrons. The van der Waals surface area contributed by atoms with Gasteiger partial charge < -0.3 is 16.0 Å². The lowest BCUT2D eigenvalue weighted by molar-refractivity contribution is -0.127. The Hall–Kier alpha value is -2.04. The van der Waals surface area contributed by atoms with Gasteiger partial charge in [-0.3, -0.25) is 9.79 Å². The van der Waals surface area contributed by atoms with Crippen LogP contribution < -0.4 is 11.1 Å². The number of nitrogens with two attached hydrogens (primary N) is 1. The zero-order valence-electron chi connectivity index (χ0n) is 12.7. The van der Waals surface area contributed by atoms with Crippen molar-refractivity contribution in [3.63, 3.8) is 0 Å². The maximum atomic E-state index is 12.0. The molecule has 1 saturated heterocycles. The number of aliphatic imine (C=N–C) groups is 1. The monoisotopic (exact) mass is 288 g/mol. The Kier molecular flexibility index (Phi) is 5.20. The molecule has 1 aromatic carbocycles. The molecule has 1 aliphatic heterocycles. The van der Waals surface area contributed by atoms with Crippen molar-refractivity contribution in [3.05, 3.63) is 35.9 Å². The first-order chi connectivity index (χ1) is 10.1. The number of nitrogens with zero attached hydrogens (tertiary/aromatic N) is 2. The Balaban J connectivity index is 2.08. The van der Waals surface area contributed by atoms with Crippen molar-refractivity contribution in [3.8, 4) is 0 Å². The van der Waals surface area contributed by atoms with Gasteiger partial charge in [-0.15, -0.1) is 0 Å². The van der Waals surface area contributed by atoms with Gasteiger partial charge in [0.1, 0.15) is 0 Å². The van der Waals surface area contributed by atoms with Gasteiger partial charge in [0.05, 0.1) is 6.04 Å². The van der Waals surface area contributed by atoms with Gasteiger partial charge in [-0.2, -0.15) is 0 Å². The standard InChI is InChI=1S/C16H24N4O/c1-3-9-18-16(17)19-11-13-10-14(21)20(2)15(13)12-7-5-4-6-8-12/h4-8,13,15H,3,9-11H2,1-2H3,(H3,17,18,19). The quantitative estimate of drug-likeness (QED) is 0.637. The molecule has 1 heterocycles. The van der Waals surface area contributed by atoms with E-state index in [0.717, 1.165) is 18.5 Å². The summed E-state index contributed by atoms with van der Waals surface area (Å²) >= 11 is 0. The lowest BCUT2D eigenvalue weighted by Gasteiger charge is -2.24. The van der Waals surface area contributed by atoms with E-state index < -0.39 is 0 Å². The van der Waals surface area contributed by atoms with Crippen LogP contribution in [-0.4, -0.2) is 36.9 Å². The smallest absolute Gasteiger partial charge is 0.223 e. The summed E-state index contributed by atoms with van der Waals surface area (Å²) in [5, 5.41) is 3.06. The molecule has 3 N–H and O–H groups in total. The van der Waals surface area contributed by atoms with E-state index in [-0.39, 0.29) is 17.9 Å². The van der Waals surface area contributed by atoms with Gasteiger partial charge >= 0.3 is 0 Å². The summed E-state index contributed by atoms with van der Waals surface area (Å²) in [6.45, 7) is 3.47. The molecular weight excluding hydrogens is 264 g/mol. The van der Waals surface area contributed by atoms with Crippen molar-refractivity contribution in [1.29, 1.82) is 0 Å². The summed E-state index contributed by atoms with van der Waals surface area (Å²) < 4.78 is 0. The molecule has 0 saturated carbocycles. The van der Waals surface area contributed by atoms with E-state index in [4.69, 9.17) is 5.73 Å². The second kappa shape index (κ2) is 7.11. The molecule has 1 amide bonds. The summed E-state index contributed by atoms with van der Waals surface area (Å²) in [5.74, 6) is 0.807. The highest BCUT2D eigenvalue weighted by Gasteiger charge is 2.38. The SMILES string of the molecule is CCCNC(N)=NCC1CC(=O)N(C)C1c1ccccc1. The largest absolute Gasteiger partial charge is 0.370 e. The summed E-state index contributed by atoms with van der Waals surface area (Å²) in [6.07, 6.45) is 1.54. The molecule has 0 aromatic heterocycles. The predicted molar refractivity (Wildman–Crippen MR) is 84.8 cm³/mol. The molecule has 1 aliphatic rings. The van der Waals surface area contributed by atoms with Crippen molar-refractivity contribution < 1.29 is 4.79 Å². The average Bonchev–Trinajstić information content (AvgIpc) is 2.79. The van der Waals surface area contributed by atoms with Crippen LogP contribution in [0.15, 0.2) is 35.3 Å². The fourth-order valence-electron chi connectivity index (χ4n) is 2.79. The molecule has 2 rings (SSSR count). The maximum Gasteiger partial charge on any atom is 0.223 e. The molecule has 0 spiro atoms. The summed E-state index contributed by atoms with van der Waals surface area (Å²) in [7, 11) is 1.86. The molecular formula is C16H24N4O. The molecule has 1 aromatic rings. The van der Waals surface area contributed by atoms with Crippen LogP contribution in [0.5, 0.6) is 0 Å². The summed E-state index contributed by atoms with van der Waals surface area (Å²) in [4.78, 5) is 18.2. The van der Waals surface area contributed by atoms with Crippen LogP contribution >= 0.6 is 0 Å². The molecule has 5 heteroatoms. The number of likely N-dealkylation sites (tertiary alicyclic amines) is 1. The first kappa shape index (κ1) is 15.4. The average molecular weight is 288 g/mol. The van der Waals surface area contributed by atoms with E-state index in [2.05, 4.69) is 29.4 Å². The Labute approximate surface area is 126 Å². The van der Waals surface area contributed by atoms with Crippen LogP contribution in [0.2, 0.25) is 0 Å². The fraction of sp³-hybridized carbons (Fsp3) is 0.500. The van der Waals surface area contributed by atoms with Gasteiger partial charge in [-0.1, -0.05) is 37.3 Å². The number of hydrogen-bond acceptors (Lipinski definition) is 2. The molecule has 2 unspecified atom stereocenters. The van der Waals surface area contributed by atoms with E-state index in [1.165, 1.54) is 0 Å². The summed E-state index contributed by atoms with van der Waals surface area (Å²) in [6, 6.07) is 10.2.